The summed E-state index contributed by atoms with van der Waals surface area (Å²) in [7, 11) is 0. The average molecular weight is 324 g/mol. The average Bonchev–Trinajstić information content (AvgIpc) is 2.97. The fourth-order valence-electron chi connectivity index (χ4n) is 3.06. The van der Waals surface area contributed by atoms with Crippen LogP contribution in [0.15, 0.2) is 44.1 Å². The van der Waals surface area contributed by atoms with Gasteiger partial charge in [0.2, 0.25) is 5.88 Å². The third-order valence-electron chi connectivity index (χ3n) is 4.38. The molecule has 0 unspecified atom stereocenters. The van der Waals surface area contributed by atoms with E-state index in [4.69, 9.17) is 8.94 Å². The molecule has 1 N–H and O–H groups in total. The maximum atomic E-state index is 12.4. The van der Waals surface area contributed by atoms with E-state index in [2.05, 4.69) is 17.4 Å². The van der Waals surface area contributed by atoms with Crippen LogP contribution >= 0.6 is 0 Å². The van der Waals surface area contributed by atoms with E-state index in [0.717, 1.165) is 30.5 Å². The SMILES string of the molecule is C[C@@H]1CCc2noc(NC(=O)c3cc(=O)c4ccccc4o3)c2C1. The van der Waals surface area contributed by atoms with Crippen LogP contribution in [0.25, 0.3) is 11.0 Å². The summed E-state index contributed by atoms with van der Waals surface area (Å²) in [5.41, 5.74) is 1.95. The molecule has 1 aliphatic rings. The fourth-order valence-corrected chi connectivity index (χ4v) is 3.06. The lowest BCUT2D eigenvalue weighted by molar-refractivity contribution is 0.0994. The van der Waals surface area contributed by atoms with E-state index in [1.165, 1.54) is 6.07 Å². The Balaban J connectivity index is 1.66. The summed E-state index contributed by atoms with van der Waals surface area (Å²) in [4.78, 5) is 24.6. The van der Waals surface area contributed by atoms with Gasteiger partial charge in [0.15, 0.2) is 11.2 Å². The molecule has 24 heavy (non-hydrogen) atoms. The van der Waals surface area contributed by atoms with Gasteiger partial charge in [0, 0.05) is 11.6 Å². The van der Waals surface area contributed by atoms with Crippen molar-refractivity contribution in [2.24, 2.45) is 5.92 Å². The fraction of sp³-hybridized carbons (Fsp3) is 0.278. The van der Waals surface area contributed by atoms with Gasteiger partial charge in [0.25, 0.3) is 5.91 Å². The Morgan fingerprint density at radius 2 is 2.17 bits per heavy atom. The Morgan fingerprint density at radius 3 is 3.04 bits per heavy atom. The second-order valence-electron chi connectivity index (χ2n) is 6.21. The Kier molecular flexibility index (Phi) is 3.45. The minimum Gasteiger partial charge on any atom is -0.451 e. The number of nitrogens with zero attached hydrogens (tertiary/aromatic N) is 1. The number of para-hydroxylation sites is 1. The monoisotopic (exact) mass is 324 g/mol. The summed E-state index contributed by atoms with van der Waals surface area (Å²) < 4.78 is 10.8. The van der Waals surface area contributed by atoms with Crippen molar-refractivity contribution in [2.45, 2.75) is 26.2 Å². The molecule has 2 heterocycles. The number of hydrogen-bond donors (Lipinski definition) is 1. The van der Waals surface area contributed by atoms with Gasteiger partial charge < -0.3 is 8.94 Å². The van der Waals surface area contributed by atoms with Gasteiger partial charge in [-0.25, -0.2) is 0 Å². The minimum absolute atomic E-state index is 0.0484. The van der Waals surface area contributed by atoms with Crippen LogP contribution in [0.3, 0.4) is 0 Å². The van der Waals surface area contributed by atoms with Crippen LogP contribution in [0.4, 0.5) is 5.88 Å². The van der Waals surface area contributed by atoms with Crippen molar-refractivity contribution in [3.63, 3.8) is 0 Å². The highest BCUT2D eigenvalue weighted by Gasteiger charge is 2.25. The first-order valence-electron chi connectivity index (χ1n) is 7.93. The third-order valence-corrected chi connectivity index (χ3v) is 4.38. The van der Waals surface area contributed by atoms with Crippen molar-refractivity contribution < 1.29 is 13.7 Å². The zero-order valence-corrected chi connectivity index (χ0v) is 13.2. The largest absolute Gasteiger partial charge is 0.451 e. The summed E-state index contributed by atoms with van der Waals surface area (Å²) in [5.74, 6) is 0.297. The van der Waals surface area contributed by atoms with E-state index in [9.17, 15) is 9.59 Å². The highest BCUT2D eigenvalue weighted by Crippen LogP contribution is 2.30. The Morgan fingerprint density at radius 1 is 1.33 bits per heavy atom. The number of hydrogen-bond acceptors (Lipinski definition) is 5. The van der Waals surface area contributed by atoms with Crippen molar-refractivity contribution in [1.82, 2.24) is 5.16 Å². The number of nitrogens with one attached hydrogen (secondary N) is 1. The van der Waals surface area contributed by atoms with Gasteiger partial charge in [-0.1, -0.05) is 24.2 Å². The zero-order valence-electron chi connectivity index (χ0n) is 13.2. The second kappa shape index (κ2) is 5.63. The van der Waals surface area contributed by atoms with Crippen LogP contribution in [-0.2, 0) is 12.8 Å². The molecule has 0 spiro atoms. The van der Waals surface area contributed by atoms with Crippen LogP contribution in [-0.4, -0.2) is 11.1 Å². The number of aromatic nitrogens is 1. The highest BCUT2D eigenvalue weighted by atomic mass is 16.5. The zero-order chi connectivity index (χ0) is 16.7. The van der Waals surface area contributed by atoms with Crippen LogP contribution in [0.1, 0.15) is 35.2 Å². The van der Waals surface area contributed by atoms with Gasteiger partial charge in [0.05, 0.1) is 11.1 Å². The van der Waals surface area contributed by atoms with Gasteiger partial charge in [-0.05, 0) is 37.3 Å². The van der Waals surface area contributed by atoms with Gasteiger partial charge in [0.1, 0.15) is 5.58 Å². The van der Waals surface area contributed by atoms with Crippen LogP contribution in [0.5, 0.6) is 0 Å². The molecule has 1 aliphatic carbocycles. The highest BCUT2D eigenvalue weighted by molar-refractivity contribution is 6.02. The molecule has 6 heteroatoms. The normalized spacial score (nSPS) is 16.8. The maximum Gasteiger partial charge on any atom is 0.293 e. The number of aryl methyl sites for hydroxylation is 1. The van der Waals surface area contributed by atoms with Crippen LogP contribution in [0, 0.1) is 5.92 Å². The molecule has 0 radical (unpaired) electrons. The molecule has 1 aromatic carbocycles. The summed E-state index contributed by atoms with van der Waals surface area (Å²) in [6, 6.07) is 8.02. The molecule has 6 nitrogen and oxygen atoms in total. The van der Waals surface area contributed by atoms with Crippen molar-refractivity contribution in [2.75, 3.05) is 5.32 Å². The van der Waals surface area contributed by atoms with Gasteiger partial charge in [-0.15, -0.1) is 0 Å². The van der Waals surface area contributed by atoms with E-state index < -0.39 is 5.91 Å². The Hall–Kier alpha value is -2.89. The number of carbonyl (C=O) groups excluding carboxylic acids is 1. The molecule has 4 rings (SSSR count). The first-order chi connectivity index (χ1) is 11.6. The number of carbonyl (C=O) groups is 1. The molecule has 0 aliphatic heterocycles. The van der Waals surface area contributed by atoms with Gasteiger partial charge in [-0.3, -0.25) is 14.9 Å². The number of anilines is 1. The molecule has 0 fully saturated rings. The quantitative estimate of drug-likeness (QED) is 0.782. The maximum absolute atomic E-state index is 12.4. The van der Waals surface area contributed by atoms with Crippen molar-refractivity contribution in [3.8, 4) is 0 Å². The van der Waals surface area contributed by atoms with E-state index in [0.29, 0.717) is 22.8 Å². The summed E-state index contributed by atoms with van der Waals surface area (Å²) in [5, 5.41) is 7.15. The van der Waals surface area contributed by atoms with Crippen molar-refractivity contribution in [1.29, 1.82) is 0 Å². The van der Waals surface area contributed by atoms with E-state index in [1.54, 1.807) is 24.3 Å². The van der Waals surface area contributed by atoms with E-state index in [-0.39, 0.29) is 11.2 Å². The second-order valence-corrected chi connectivity index (χ2v) is 6.21. The molecule has 0 bridgehead atoms. The number of rotatable bonds is 2. The standard InChI is InChI=1S/C18H16N2O4/c1-10-6-7-13-12(8-10)18(24-20-13)19-17(22)16-9-14(21)11-4-2-3-5-15(11)23-16/h2-5,9-10H,6-8H2,1H3,(H,19,22)/t10-/m1/s1. The lowest BCUT2D eigenvalue weighted by Gasteiger charge is -2.16. The molecule has 1 amide bonds. The smallest absolute Gasteiger partial charge is 0.293 e. The first-order valence-corrected chi connectivity index (χ1v) is 7.93. The summed E-state index contributed by atoms with van der Waals surface area (Å²) in [6.45, 7) is 2.16. The summed E-state index contributed by atoms with van der Waals surface area (Å²) in [6.07, 6.45) is 2.73. The van der Waals surface area contributed by atoms with E-state index in [1.807, 2.05) is 0 Å². The molecule has 3 aromatic rings. The van der Waals surface area contributed by atoms with Crippen molar-refractivity contribution >= 4 is 22.8 Å². The Bertz CT molecular complexity index is 986. The molecule has 1 atom stereocenters. The van der Waals surface area contributed by atoms with Gasteiger partial charge in [-0.2, -0.15) is 0 Å². The lowest BCUT2D eigenvalue weighted by Crippen LogP contribution is -2.17. The molecule has 2 aromatic heterocycles. The number of fused-ring (bicyclic) bond motifs is 2. The molecule has 0 saturated carbocycles. The molecular weight excluding hydrogens is 308 g/mol. The first kappa shape index (κ1) is 14.7. The number of amides is 1. The minimum atomic E-state index is -0.518. The predicted octanol–water partition coefficient (Wildman–Crippen LogP) is 3.16. The third kappa shape index (κ3) is 2.50. The van der Waals surface area contributed by atoms with Gasteiger partial charge >= 0.3 is 0 Å². The van der Waals surface area contributed by atoms with E-state index >= 15 is 0 Å². The van der Waals surface area contributed by atoms with Crippen LogP contribution in [0.2, 0.25) is 0 Å². The van der Waals surface area contributed by atoms with Crippen LogP contribution < -0.4 is 10.7 Å². The lowest BCUT2D eigenvalue weighted by atomic mass is 9.89. The topological polar surface area (TPSA) is 85.3 Å². The molecule has 0 saturated heterocycles. The molecular formula is C18H16N2O4. The Labute approximate surface area is 137 Å². The molecule has 122 valence electrons. The number of benzene rings is 1. The predicted molar refractivity (Wildman–Crippen MR) is 88.1 cm³/mol. The summed E-state index contributed by atoms with van der Waals surface area (Å²) >= 11 is 0. The van der Waals surface area contributed by atoms with Crippen molar-refractivity contribution in [3.05, 3.63) is 57.6 Å².